The average Bonchev–Trinajstić information content (AvgIpc) is 2.95. The lowest BCUT2D eigenvalue weighted by atomic mass is 10.3. The first-order valence-electron chi connectivity index (χ1n) is 6.59. The summed E-state index contributed by atoms with van der Waals surface area (Å²) < 4.78 is 16.2. The first-order valence-corrected chi connectivity index (χ1v) is 6.59. The third kappa shape index (κ3) is 3.12. The van der Waals surface area contributed by atoms with E-state index in [2.05, 4.69) is 10.3 Å². The Morgan fingerprint density at radius 3 is 3.00 bits per heavy atom. The maximum atomic E-state index is 5.67. The zero-order chi connectivity index (χ0) is 13.6. The molecule has 0 saturated heterocycles. The summed E-state index contributed by atoms with van der Waals surface area (Å²) in [6.45, 7) is 1.74. The molecule has 1 aromatic heterocycles. The van der Waals surface area contributed by atoms with Crippen molar-refractivity contribution in [3.63, 3.8) is 0 Å². The maximum Gasteiger partial charge on any atom is 0.231 e. The molecule has 1 aromatic carbocycles. The number of hydrogen-bond donors (Lipinski definition) is 1. The Kier molecular flexibility index (Phi) is 3.87. The first-order chi connectivity index (χ1) is 9.92. The largest absolute Gasteiger partial charge is 0.493 e. The van der Waals surface area contributed by atoms with E-state index < -0.39 is 0 Å². The number of anilines is 1. The molecule has 5 nitrogen and oxygen atoms in total. The molecule has 0 unspecified atom stereocenters. The second-order valence-corrected chi connectivity index (χ2v) is 4.36. The van der Waals surface area contributed by atoms with Crippen LogP contribution in [0.15, 0.2) is 42.6 Å². The number of fused-ring (bicyclic) bond motifs is 1. The normalized spacial score (nSPS) is 12.2. The second kappa shape index (κ2) is 6.14. The van der Waals surface area contributed by atoms with Gasteiger partial charge in [-0.25, -0.2) is 4.98 Å². The van der Waals surface area contributed by atoms with E-state index in [0.717, 1.165) is 36.0 Å². The van der Waals surface area contributed by atoms with Gasteiger partial charge in [0, 0.05) is 18.8 Å². The van der Waals surface area contributed by atoms with Crippen LogP contribution < -0.4 is 19.5 Å². The minimum atomic E-state index is 0.285. The number of ether oxygens (including phenoxy) is 3. The Morgan fingerprint density at radius 1 is 1.15 bits per heavy atom. The molecule has 2 aromatic rings. The summed E-state index contributed by atoms with van der Waals surface area (Å²) in [5.74, 6) is 3.20. The van der Waals surface area contributed by atoms with E-state index >= 15 is 0 Å². The van der Waals surface area contributed by atoms with E-state index in [0.29, 0.717) is 6.61 Å². The highest BCUT2D eigenvalue weighted by molar-refractivity contribution is 5.46. The Morgan fingerprint density at radius 2 is 2.10 bits per heavy atom. The molecular weight excluding hydrogens is 256 g/mol. The third-order valence-corrected chi connectivity index (χ3v) is 2.90. The molecule has 0 spiro atoms. The van der Waals surface area contributed by atoms with Crippen molar-refractivity contribution in [2.45, 2.75) is 6.42 Å². The van der Waals surface area contributed by atoms with E-state index in [-0.39, 0.29) is 6.79 Å². The molecule has 0 saturated carbocycles. The van der Waals surface area contributed by atoms with Crippen molar-refractivity contribution in [1.82, 2.24) is 4.98 Å². The van der Waals surface area contributed by atoms with Gasteiger partial charge in [0.1, 0.15) is 11.6 Å². The minimum absolute atomic E-state index is 0.285. The van der Waals surface area contributed by atoms with Crippen LogP contribution in [0.25, 0.3) is 0 Å². The summed E-state index contributed by atoms with van der Waals surface area (Å²) in [5.41, 5.74) is 0. The standard InChI is InChI=1S/C15H16N2O3/c1-2-7-16-15(4-1)17-8-3-9-18-12-5-6-13-14(10-12)20-11-19-13/h1-2,4-7,10H,3,8-9,11H2,(H,16,17). The van der Waals surface area contributed by atoms with Gasteiger partial charge in [-0.2, -0.15) is 0 Å². The van der Waals surface area contributed by atoms with Gasteiger partial charge in [0.25, 0.3) is 0 Å². The van der Waals surface area contributed by atoms with Gasteiger partial charge < -0.3 is 19.5 Å². The van der Waals surface area contributed by atoms with Gasteiger partial charge in [-0.15, -0.1) is 0 Å². The Hall–Kier alpha value is -2.43. The Labute approximate surface area is 117 Å². The van der Waals surface area contributed by atoms with E-state index in [1.165, 1.54) is 0 Å². The monoisotopic (exact) mass is 272 g/mol. The topological polar surface area (TPSA) is 52.6 Å². The van der Waals surface area contributed by atoms with Gasteiger partial charge >= 0.3 is 0 Å². The summed E-state index contributed by atoms with van der Waals surface area (Å²) >= 11 is 0. The highest BCUT2D eigenvalue weighted by Crippen LogP contribution is 2.35. The van der Waals surface area contributed by atoms with Gasteiger partial charge in [0.05, 0.1) is 6.61 Å². The third-order valence-electron chi connectivity index (χ3n) is 2.90. The fourth-order valence-corrected chi connectivity index (χ4v) is 1.91. The molecule has 1 aliphatic rings. The van der Waals surface area contributed by atoms with Crippen molar-refractivity contribution < 1.29 is 14.2 Å². The number of nitrogens with zero attached hydrogens (tertiary/aromatic N) is 1. The first kappa shape index (κ1) is 12.6. The molecule has 5 heteroatoms. The minimum Gasteiger partial charge on any atom is -0.493 e. The highest BCUT2D eigenvalue weighted by atomic mass is 16.7. The summed E-state index contributed by atoms with van der Waals surface area (Å²) in [5, 5.41) is 3.24. The van der Waals surface area contributed by atoms with Crippen LogP contribution >= 0.6 is 0 Å². The average molecular weight is 272 g/mol. The molecule has 104 valence electrons. The lowest BCUT2D eigenvalue weighted by molar-refractivity contribution is 0.173. The van der Waals surface area contributed by atoms with Gasteiger partial charge in [-0.05, 0) is 30.7 Å². The van der Waals surface area contributed by atoms with Crippen LogP contribution in [0.1, 0.15) is 6.42 Å². The molecule has 1 N–H and O–H groups in total. The van der Waals surface area contributed by atoms with Crippen molar-refractivity contribution in [2.75, 3.05) is 25.3 Å². The van der Waals surface area contributed by atoms with Crippen LogP contribution in [0.3, 0.4) is 0 Å². The fourth-order valence-electron chi connectivity index (χ4n) is 1.91. The Bertz CT molecular complexity index is 560. The number of aromatic nitrogens is 1. The van der Waals surface area contributed by atoms with Crippen LogP contribution in [-0.4, -0.2) is 24.9 Å². The van der Waals surface area contributed by atoms with Crippen molar-refractivity contribution in [1.29, 1.82) is 0 Å². The molecular formula is C15H16N2O3. The quantitative estimate of drug-likeness (QED) is 0.819. The van der Waals surface area contributed by atoms with Crippen LogP contribution in [0.2, 0.25) is 0 Å². The van der Waals surface area contributed by atoms with E-state index in [1.807, 2.05) is 36.4 Å². The molecule has 0 atom stereocenters. The maximum absolute atomic E-state index is 5.67. The SMILES string of the molecule is c1ccc(NCCCOc2ccc3c(c2)OCO3)nc1. The van der Waals surface area contributed by atoms with E-state index in [9.17, 15) is 0 Å². The number of rotatable bonds is 6. The predicted octanol–water partition coefficient (Wildman–Crippen LogP) is 2.69. The number of pyridine rings is 1. The van der Waals surface area contributed by atoms with E-state index in [1.54, 1.807) is 6.20 Å². The summed E-state index contributed by atoms with van der Waals surface area (Å²) in [6.07, 6.45) is 2.66. The van der Waals surface area contributed by atoms with Crippen molar-refractivity contribution in [3.8, 4) is 17.2 Å². The highest BCUT2D eigenvalue weighted by Gasteiger charge is 2.13. The molecule has 0 aliphatic carbocycles. The second-order valence-electron chi connectivity index (χ2n) is 4.36. The van der Waals surface area contributed by atoms with Gasteiger partial charge in [-0.3, -0.25) is 0 Å². The van der Waals surface area contributed by atoms with Crippen LogP contribution in [0.4, 0.5) is 5.82 Å². The smallest absolute Gasteiger partial charge is 0.231 e. The number of benzene rings is 1. The molecule has 0 radical (unpaired) electrons. The fraction of sp³-hybridized carbons (Fsp3) is 0.267. The molecule has 2 heterocycles. The molecule has 3 rings (SSSR count). The zero-order valence-corrected chi connectivity index (χ0v) is 11.0. The zero-order valence-electron chi connectivity index (χ0n) is 11.0. The number of hydrogen-bond acceptors (Lipinski definition) is 5. The van der Waals surface area contributed by atoms with Crippen LogP contribution in [-0.2, 0) is 0 Å². The van der Waals surface area contributed by atoms with Gasteiger partial charge in [0.2, 0.25) is 6.79 Å². The summed E-state index contributed by atoms with van der Waals surface area (Å²) in [7, 11) is 0. The van der Waals surface area contributed by atoms with Crippen molar-refractivity contribution in [3.05, 3.63) is 42.6 Å². The molecule has 0 bridgehead atoms. The van der Waals surface area contributed by atoms with Crippen LogP contribution in [0, 0.1) is 0 Å². The molecule has 0 fully saturated rings. The number of nitrogens with one attached hydrogen (secondary N) is 1. The summed E-state index contributed by atoms with van der Waals surface area (Å²) in [4.78, 5) is 4.19. The van der Waals surface area contributed by atoms with E-state index in [4.69, 9.17) is 14.2 Å². The Balaban J connectivity index is 1.40. The van der Waals surface area contributed by atoms with Gasteiger partial charge in [-0.1, -0.05) is 6.07 Å². The lowest BCUT2D eigenvalue weighted by Gasteiger charge is -2.08. The van der Waals surface area contributed by atoms with Crippen molar-refractivity contribution >= 4 is 5.82 Å². The van der Waals surface area contributed by atoms with Crippen LogP contribution in [0.5, 0.6) is 17.2 Å². The molecule has 20 heavy (non-hydrogen) atoms. The molecule has 1 aliphatic heterocycles. The lowest BCUT2D eigenvalue weighted by Crippen LogP contribution is -2.08. The van der Waals surface area contributed by atoms with Crippen molar-refractivity contribution in [2.24, 2.45) is 0 Å². The predicted molar refractivity (Wildman–Crippen MR) is 75.4 cm³/mol. The molecule has 0 amide bonds. The summed E-state index contributed by atoms with van der Waals surface area (Å²) in [6, 6.07) is 11.4. The van der Waals surface area contributed by atoms with Gasteiger partial charge in [0.15, 0.2) is 11.5 Å².